The molecule has 0 saturated carbocycles. The number of thioether (sulfide) groups is 1. The molecule has 11 heteroatoms. The zero-order chi connectivity index (χ0) is 28.9. The lowest BCUT2D eigenvalue weighted by atomic mass is 10.1. The van der Waals surface area contributed by atoms with Crippen LogP contribution in [0, 0.1) is 11.3 Å². The summed E-state index contributed by atoms with van der Waals surface area (Å²) in [5, 5.41) is 21.7. The van der Waals surface area contributed by atoms with Crippen molar-refractivity contribution >= 4 is 23.9 Å². The number of carbonyl (C=O) groups is 1. The van der Waals surface area contributed by atoms with Crippen molar-refractivity contribution in [3.8, 4) is 23.3 Å². The number of benzene rings is 3. The third-order valence-electron chi connectivity index (χ3n) is 5.90. The molecular weight excluding hydrogens is 542 g/mol. The number of ether oxygens (including phenoxy) is 3. The van der Waals surface area contributed by atoms with Gasteiger partial charge in [0.25, 0.3) is 11.1 Å². The zero-order valence-electron chi connectivity index (χ0n) is 22.7. The van der Waals surface area contributed by atoms with Gasteiger partial charge in [-0.1, -0.05) is 42.1 Å². The molecule has 1 amide bonds. The molecule has 4 rings (SSSR count). The average molecular weight is 572 g/mol. The van der Waals surface area contributed by atoms with Gasteiger partial charge in [0, 0.05) is 12.0 Å². The van der Waals surface area contributed by atoms with E-state index in [1.165, 1.54) is 18.9 Å². The predicted octanol–water partition coefficient (Wildman–Crippen LogP) is 4.96. The van der Waals surface area contributed by atoms with Gasteiger partial charge in [-0.25, -0.2) is 5.43 Å². The molecule has 0 aliphatic carbocycles. The van der Waals surface area contributed by atoms with Crippen LogP contribution in [0.2, 0.25) is 0 Å². The summed E-state index contributed by atoms with van der Waals surface area (Å²) in [5.74, 6) is 2.16. The SMILES string of the molecule is COc1ccc(CCCc2nnc(SCC(=O)N/N=C/c3ccc(OCc4ccccc4C#N)c(OC)c3)o2)cc1. The summed E-state index contributed by atoms with van der Waals surface area (Å²) < 4.78 is 22.1. The number of methoxy groups -OCH3 is 2. The largest absolute Gasteiger partial charge is 0.497 e. The Morgan fingerprint density at radius 2 is 1.88 bits per heavy atom. The van der Waals surface area contributed by atoms with Crippen LogP contribution in [0.15, 0.2) is 81.5 Å². The Labute approximate surface area is 242 Å². The molecular formula is C30H29N5O5S. The quantitative estimate of drug-likeness (QED) is 0.127. The Kier molecular flexibility index (Phi) is 10.7. The molecule has 0 aliphatic rings. The molecule has 0 saturated heterocycles. The number of carbonyl (C=O) groups excluding carboxylic acids is 1. The summed E-state index contributed by atoms with van der Waals surface area (Å²) in [6.07, 6.45) is 3.90. The first kappa shape index (κ1) is 29.2. The van der Waals surface area contributed by atoms with E-state index in [1.54, 1.807) is 31.4 Å². The van der Waals surface area contributed by atoms with Crippen LogP contribution < -0.4 is 19.6 Å². The van der Waals surface area contributed by atoms with Crippen LogP contribution in [-0.2, 0) is 24.2 Å². The van der Waals surface area contributed by atoms with E-state index in [4.69, 9.17) is 18.6 Å². The van der Waals surface area contributed by atoms with Gasteiger partial charge in [-0.2, -0.15) is 10.4 Å². The molecule has 0 aliphatic heterocycles. The molecule has 210 valence electrons. The second kappa shape index (κ2) is 15.1. The first-order valence-electron chi connectivity index (χ1n) is 12.8. The Morgan fingerprint density at radius 3 is 2.66 bits per heavy atom. The van der Waals surface area contributed by atoms with Crippen LogP contribution in [0.5, 0.6) is 17.2 Å². The van der Waals surface area contributed by atoms with Crippen molar-refractivity contribution in [3.63, 3.8) is 0 Å². The lowest BCUT2D eigenvalue weighted by molar-refractivity contribution is -0.118. The maximum Gasteiger partial charge on any atom is 0.277 e. The summed E-state index contributed by atoms with van der Waals surface area (Å²) in [7, 11) is 3.18. The fourth-order valence-corrected chi connectivity index (χ4v) is 4.34. The minimum Gasteiger partial charge on any atom is -0.497 e. The van der Waals surface area contributed by atoms with Crippen molar-refractivity contribution < 1.29 is 23.4 Å². The number of amides is 1. The maximum absolute atomic E-state index is 12.2. The highest BCUT2D eigenvalue weighted by molar-refractivity contribution is 7.99. The standard InChI is InChI=1S/C30H29N5O5S/c1-37-25-13-10-21(11-14-25)6-5-9-29-34-35-30(40-29)41-20-28(36)33-32-18-22-12-15-26(27(16-22)38-2)39-19-24-8-4-3-7-23(24)17-31/h3-4,7-8,10-16,18H,5-6,9,19-20H2,1-2H3,(H,33,36)/b32-18+. The van der Waals surface area contributed by atoms with Crippen LogP contribution in [0.3, 0.4) is 0 Å². The molecule has 1 heterocycles. The number of nitrogens with one attached hydrogen (secondary N) is 1. The summed E-state index contributed by atoms with van der Waals surface area (Å²) in [4.78, 5) is 12.2. The molecule has 0 atom stereocenters. The van der Waals surface area contributed by atoms with Crippen molar-refractivity contribution in [3.05, 3.63) is 94.9 Å². The van der Waals surface area contributed by atoms with Gasteiger partial charge in [-0.05, 0) is 60.4 Å². The Hall–Kier alpha value is -4.82. The fourth-order valence-electron chi connectivity index (χ4n) is 3.77. The summed E-state index contributed by atoms with van der Waals surface area (Å²) in [6.45, 7) is 0.229. The molecule has 0 fully saturated rings. The van der Waals surface area contributed by atoms with E-state index in [0.717, 1.165) is 35.9 Å². The predicted molar refractivity (Wildman–Crippen MR) is 154 cm³/mol. The summed E-state index contributed by atoms with van der Waals surface area (Å²) in [5.41, 5.74) is 5.74. The van der Waals surface area contributed by atoms with Gasteiger partial charge in [0.05, 0.1) is 37.8 Å². The highest BCUT2D eigenvalue weighted by Crippen LogP contribution is 2.28. The number of aryl methyl sites for hydroxylation is 2. The lowest BCUT2D eigenvalue weighted by Crippen LogP contribution is -2.19. The second-order valence-corrected chi connectivity index (χ2v) is 9.64. The molecule has 0 spiro atoms. The number of nitrogens with zero attached hydrogens (tertiary/aromatic N) is 4. The van der Waals surface area contributed by atoms with E-state index in [0.29, 0.717) is 40.2 Å². The maximum atomic E-state index is 12.2. The van der Waals surface area contributed by atoms with E-state index in [9.17, 15) is 10.1 Å². The van der Waals surface area contributed by atoms with Crippen LogP contribution in [-0.4, -0.2) is 42.3 Å². The number of hydrazone groups is 1. The average Bonchev–Trinajstić information content (AvgIpc) is 3.47. The number of hydrogen-bond acceptors (Lipinski definition) is 10. The molecule has 10 nitrogen and oxygen atoms in total. The van der Waals surface area contributed by atoms with E-state index in [-0.39, 0.29) is 18.3 Å². The number of aromatic nitrogens is 2. The highest BCUT2D eigenvalue weighted by Gasteiger charge is 2.11. The molecule has 0 unspecified atom stereocenters. The molecule has 0 radical (unpaired) electrons. The van der Waals surface area contributed by atoms with E-state index >= 15 is 0 Å². The fraction of sp³-hybridized carbons (Fsp3) is 0.233. The number of hydrogen-bond donors (Lipinski definition) is 1. The van der Waals surface area contributed by atoms with Gasteiger partial charge in [0.15, 0.2) is 11.5 Å². The normalized spacial score (nSPS) is 10.8. The Bertz CT molecular complexity index is 1510. The van der Waals surface area contributed by atoms with Gasteiger partial charge in [0.1, 0.15) is 12.4 Å². The third-order valence-corrected chi connectivity index (χ3v) is 6.72. The van der Waals surface area contributed by atoms with Gasteiger partial charge in [0.2, 0.25) is 5.89 Å². The molecule has 0 bridgehead atoms. The van der Waals surface area contributed by atoms with Gasteiger partial charge >= 0.3 is 0 Å². The minimum absolute atomic E-state index is 0.0745. The van der Waals surface area contributed by atoms with Crippen molar-refractivity contribution in [2.45, 2.75) is 31.1 Å². The monoisotopic (exact) mass is 571 g/mol. The van der Waals surface area contributed by atoms with Crippen LogP contribution >= 0.6 is 11.8 Å². The van der Waals surface area contributed by atoms with E-state index < -0.39 is 0 Å². The Balaban J connectivity index is 1.19. The molecule has 41 heavy (non-hydrogen) atoms. The summed E-state index contributed by atoms with van der Waals surface area (Å²) >= 11 is 1.15. The molecule has 1 N–H and O–H groups in total. The number of nitriles is 1. The van der Waals surface area contributed by atoms with Gasteiger partial charge in [-0.15, -0.1) is 10.2 Å². The van der Waals surface area contributed by atoms with Crippen molar-refractivity contribution in [1.82, 2.24) is 15.6 Å². The van der Waals surface area contributed by atoms with Crippen LogP contribution in [0.4, 0.5) is 0 Å². The molecule has 1 aromatic heterocycles. The molecule has 4 aromatic rings. The highest BCUT2D eigenvalue weighted by atomic mass is 32.2. The third kappa shape index (κ3) is 8.84. The van der Waals surface area contributed by atoms with Crippen LogP contribution in [0.1, 0.15) is 34.6 Å². The topological polar surface area (TPSA) is 132 Å². The smallest absolute Gasteiger partial charge is 0.277 e. The van der Waals surface area contributed by atoms with E-state index in [2.05, 4.69) is 26.8 Å². The zero-order valence-corrected chi connectivity index (χ0v) is 23.5. The van der Waals surface area contributed by atoms with Crippen molar-refractivity contribution in [2.24, 2.45) is 5.10 Å². The van der Waals surface area contributed by atoms with E-state index in [1.807, 2.05) is 42.5 Å². The van der Waals surface area contributed by atoms with Gasteiger partial charge in [-0.3, -0.25) is 4.79 Å². The summed E-state index contributed by atoms with van der Waals surface area (Å²) in [6, 6.07) is 22.6. The van der Waals surface area contributed by atoms with Crippen LogP contribution in [0.25, 0.3) is 0 Å². The Morgan fingerprint density at radius 1 is 1.05 bits per heavy atom. The first-order chi connectivity index (χ1) is 20.1. The minimum atomic E-state index is -0.311. The van der Waals surface area contributed by atoms with Gasteiger partial charge < -0.3 is 18.6 Å². The van der Waals surface area contributed by atoms with Crippen molar-refractivity contribution in [2.75, 3.05) is 20.0 Å². The lowest BCUT2D eigenvalue weighted by Gasteiger charge is -2.12. The van der Waals surface area contributed by atoms with Crippen molar-refractivity contribution in [1.29, 1.82) is 5.26 Å². The molecule has 3 aromatic carbocycles. The number of rotatable bonds is 14. The second-order valence-electron chi connectivity index (χ2n) is 8.71. The first-order valence-corrected chi connectivity index (χ1v) is 13.8.